The van der Waals surface area contributed by atoms with Gasteiger partial charge < -0.3 is 15.4 Å². The van der Waals surface area contributed by atoms with Gasteiger partial charge in [-0.3, -0.25) is 14.5 Å². The van der Waals surface area contributed by atoms with E-state index in [2.05, 4.69) is 22.5 Å². The van der Waals surface area contributed by atoms with E-state index < -0.39 is 11.9 Å². The third-order valence-electron chi connectivity index (χ3n) is 4.58. The van der Waals surface area contributed by atoms with Gasteiger partial charge in [0.25, 0.3) is 5.91 Å². The second-order valence-electron chi connectivity index (χ2n) is 6.94. The summed E-state index contributed by atoms with van der Waals surface area (Å²) in [5.41, 5.74) is 0.325. The van der Waals surface area contributed by atoms with Crippen LogP contribution in [0.1, 0.15) is 31.1 Å². The molecule has 0 radical (unpaired) electrons. The number of ether oxygens (including phenoxy) is 1. The number of amides is 2. The van der Waals surface area contributed by atoms with Crippen molar-refractivity contribution in [2.45, 2.75) is 32.9 Å². The number of benzene rings is 1. The normalized spacial score (nSPS) is 17.6. The lowest BCUT2D eigenvalue weighted by Crippen LogP contribution is -2.53. The van der Waals surface area contributed by atoms with Crippen molar-refractivity contribution in [1.29, 1.82) is 0 Å². The van der Waals surface area contributed by atoms with E-state index in [1.54, 1.807) is 0 Å². The Bertz CT molecular complexity index is 601. The predicted molar refractivity (Wildman–Crippen MR) is 97.4 cm³/mol. The Hall–Kier alpha value is -1.99. The molecule has 26 heavy (non-hydrogen) atoms. The van der Waals surface area contributed by atoms with Crippen molar-refractivity contribution in [2.24, 2.45) is 5.92 Å². The quantitative estimate of drug-likeness (QED) is 0.767. The maximum atomic E-state index is 13.0. The van der Waals surface area contributed by atoms with Crippen LogP contribution in [0.2, 0.25) is 0 Å². The molecule has 1 aromatic rings. The number of hydrogen-bond donors (Lipinski definition) is 2. The minimum Gasteiger partial charge on any atom is -0.379 e. The number of carbonyl (C=O) groups excluding carboxylic acids is 2. The van der Waals surface area contributed by atoms with E-state index in [1.165, 1.54) is 24.3 Å². The molecule has 1 fully saturated rings. The second-order valence-corrected chi connectivity index (χ2v) is 6.94. The summed E-state index contributed by atoms with van der Waals surface area (Å²) < 4.78 is 18.3. The molecule has 144 valence electrons. The molecular weight excluding hydrogens is 337 g/mol. The second kappa shape index (κ2) is 9.64. The highest BCUT2D eigenvalue weighted by Gasteiger charge is 2.26. The van der Waals surface area contributed by atoms with E-state index in [4.69, 9.17) is 4.74 Å². The third-order valence-corrected chi connectivity index (χ3v) is 4.58. The molecule has 2 N–H and O–H groups in total. The van der Waals surface area contributed by atoms with Crippen molar-refractivity contribution in [1.82, 2.24) is 15.5 Å². The molecule has 2 atom stereocenters. The van der Waals surface area contributed by atoms with E-state index in [-0.39, 0.29) is 23.8 Å². The Morgan fingerprint density at radius 2 is 1.77 bits per heavy atom. The van der Waals surface area contributed by atoms with Crippen molar-refractivity contribution in [2.75, 3.05) is 32.8 Å². The number of carbonyl (C=O) groups is 2. The number of rotatable bonds is 7. The maximum absolute atomic E-state index is 13.0. The maximum Gasteiger partial charge on any atom is 0.251 e. The highest BCUT2D eigenvalue weighted by atomic mass is 19.1. The van der Waals surface area contributed by atoms with Gasteiger partial charge >= 0.3 is 0 Å². The van der Waals surface area contributed by atoms with Crippen LogP contribution >= 0.6 is 0 Å². The molecule has 7 heteroatoms. The monoisotopic (exact) mass is 365 g/mol. The van der Waals surface area contributed by atoms with Gasteiger partial charge in [-0.15, -0.1) is 0 Å². The van der Waals surface area contributed by atoms with Gasteiger partial charge in [0.1, 0.15) is 11.9 Å². The Morgan fingerprint density at radius 3 is 2.35 bits per heavy atom. The molecule has 1 aromatic carbocycles. The lowest BCUT2D eigenvalue weighted by atomic mass is 10.0. The van der Waals surface area contributed by atoms with E-state index in [0.717, 1.165) is 13.1 Å². The van der Waals surface area contributed by atoms with Gasteiger partial charge in [0.15, 0.2) is 0 Å². The summed E-state index contributed by atoms with van der Waals surface area (Å²) in [6.45, 7) is 9.45. The van der Waals surface area contributed by atoms with Crippen LogP contribution in [0.4, 0.5) is 4.39 Å². The van der Waals surface area contributed by atoms with Gasteiger partial charge in [0.2, 0.25) is 5.91 Å². The summed E-state index contributed by atoms with van der Waals surface area (Å²) in [5, 5.41) is 5.68. The largest absolute Gasteiger partial charge is 0.379 e. The van der Waals surface area contributed by atoms with Crippen molar-refractivity contribution in [3.63, 3.8) is 0 Å². The van der Waals surface area contributed by atoms with E-state index in [9.17, 15) is 14.0 Å². The van der Waals surface area contributed by atoms with Gasteiger partial charge in [-0.1, -0.05) is 13.8 Å². The number of nitrogens with zero attached hydrogens (tertiary/aromatic N) is 1. The van der Waals surface area contributed by atoms with E-state index in [1.807, 2.05) is 13.8 Å². The average molecular weight is 365 g/mol. The molecule has 1 heterocycles. The molecule has 6 nitrogen and oxygen atoms in total. The molecule has 0 bridgehead atoms. The summed E-state index contributed by atoms with van der Waals surface area (Å²) in [6, 6.07) is 4.81. The summed E-state index contributed by atoms with van der Waals surface area (Å²) in [5.74, 6) is -1.08. The summed E-state index contributed by atoms with van der Waals surface area (Å²) >= 11 is 0. The molecule has 1 aliphatic heterocycles. The molecular formula is C19H28FN3O3. The summed E-state index contributed by atoms with van der Waals surface area (Å²) in [7, 11) is 0. The van der Waals surface area contributed by atoms with E-state index in [0.29, 0.717) is 25.3 Å². The first-order valence-corrected chi connectivity index (χ1v) is 9.04. The lowest BCUT2D eigenvalue weighted by Gasteiger charge is -2.32. The van der Waals surface area contributed by atoms with Gasteiger partial charge in [-0.25, -0.2) is 4.39 Å². The molecule has 0 spiro atoms. The minimum atomic E-state index is -0.649. The molecule has 0 saturated carbocycles. The Balaban J connectivity index is 1.89. The molecule has 2 rings (SSSR count). The van der Waals surface area contributed by atoms with Crippen LogP contribution in [0.15, 0.2) is 24.3 Å². The average Bonchev–Trinajstić information content (AvgIpc) is 2.64. The molecule has 0 aliphatic carbocycles. The minimum absolute atomic E-state index is 0.0712. The van der Waals surface area contributed by atoms with Gasteiger partial charge in [-0.05, 0) is 37.1 Å². The first kappa shape index (κ1) is 20.3. The first-order valence-electron chi connectivity index (χ1n) is 9.04. The fourth-order valence-corrected chi connectivity index (χ4v) is 2.87. The highest BCUT2D eigenvalue weighted by Crippen LogP contribution is 2.08. The molecule has 1 saturated heterocycles. The number of morpholine rings is 1. The SMILES string of the molecule is CC(C)C(NC(=O)c1ccc(F)cc1)C(=O)NCC(C)N1CCOCC1. The zero-order chi connectivity index (χ0) is 19.1. The van der Waals surface area contributed by atoms with Crippen LogP contribution in [0, 0.1) is 11.7 Å². The van der Waals surface area contributed by atoms with Crippen molar-refractivity contribution in [3.05, 3.63) is 35.6 Å². The smallest absolute Gasteiger partial charge is 0.251 e. The molecule has 1 aliphatic rings. The van der Waals surface area contributed by atoms with Crippen molar-refractivity contribution >= 4 is 11.8 Å². The first-order chi connectivity index (χ1) is 12.4. The standard InChI is InChI=1S/C19H28FN3O3/c1-13(2)17(22-18(24)15-4-6-16(20)7-5-15)19(25)21-12-14(3)23-8-10-26-11-9-23/h4-7,13-14,17H,8-12H2,1-3H3,(H,21,25)(H,22,24). The Labute approximate surface area is 154 Å². The van der Waals surface area contributed by atoms with Gasteiger partial charge in [0, 0.05) is 31.2 Å². The van der Waals surface area contributed by atoms with Crippen molar-refractivity contribution < 1.29 is 18.7 Å². The predicted octanol–water partition coefficient (Wildman–Crippen LogP) is 1.42. The topological polar surface area (TPSA) is 70.7 Å². The van der Waals surface area contributed by atoms with Crippen LogP contribution in [0.3, 0.4) is 0 Å². The Kier molecular flexibility index (Phi) is 7.53. The fourth-order valence-electron chi connectivity index (χ4n) is 2.87. The number of hydrogen-bond acceptors (Lipinski definition) is 4. The fraction of sp³-hybridized carbons (Fsp3) is 0.579. The number of halogens is 1. The number of nitrogens with one attached hydrogen (secondary N) is 2. The van der Waals surface area contributed by atoms with Crippen LogP contribution in [-0.4, -0.2) is 61.6 Å². The zero-order valence-corrected chi connectivity index (χ0v) is 15.6. The third kappa shape index (κ3) is 5.78. The molecule has 2 unspecified atom stereocenters. The Morgan fingerprint density at radius 1 is 1.15 bits per heavy atom. The molecule has 0 aromatic heterocycles. The van der Waals surface area contributed by atoms with Crippen LogP contribution in [0.25, 0.3) is 0 Å². The zero-order valence-electron chi connectivity index (χ0n) is 15.6. The van der Waals surface area contributed by atoms with Gasteiger partial charge in [0.05, 0.1) is 13.2 Å². The molecule has 2 amide bonds. The summed E-state index contributed by atoms with van der Waals surface area (Å²) in [4.78, 5) is 27.2. The van der Waals surface area contributed by atoms with Crippen molar-refractivity contribution in [3.8, 4) is 0 Å². The highest BCUT2D eigenvalue weighted by molar-refractivity contribution is 5.97. The lowest BCUT2D eigenvalue weighted by molar-refractivity contribution is -0.124. The van der Waals surface area contributed by atoms with Crippen LogP contribution in [0.5, 0.6) is 0 Å². The van der Waals surface area contributed by atoms with Crippen LogP contribution < -0.4 is 10.6 Å². The van der Waals surface area contributed by atoms with E-state index >= 15 is 0 Å². The summed E-state index contributed by atoms with van der Waals surface area (Å²) in [6.07, 6.45) is 0. The van der Waals surface area contributed by atoms with Crippen LogP contribution in [-0.2, 0) is 9.53 Å². The van der Waals surface area contributed by atoms with Gasteiger partial charge in [-0.2, -0.15) is 0 Å².